The molecule has 0 aliphatic carbocycles. The quantitative estimate of drug-likeness (QED) is 0.595. The lowest BCUT2D eigenvalue weighted by Gasteiger charge is -2.09. The molecule has 0 fully saturated rings. The zero-order valence-electron chi connectivity index (χ0n) is 14.2. The molecule has 136 valence electrons. The van der Waals surface area contributed by atoms with Crippen LogP contribution in [0.2, 0.25) is 0 Å². The summed E-state index contributed by atoms with van der Waals surface area (Å²) in [6, 6.07) is 12.0. The molecule has 1 amide bonds. The smallest absolute Gasteiger partial charge is 0.337 e. The van der Waals surface area contributed by atoms with Gasteiger partial charge in [0.2, 0.25) is 5.91 Å². The van der Waals surface area contributed by atoms with E-state index in [-0.39, 0.29) is 10.8 Å². The summed E-state index contributed by atoms with van der Waals surface area (Å²) in [6.07, 6.45) is 2.93. The molecule has 0 saturated carbocycles. The Kier molecular flexibility index (Phi) is 6.13. The van der Waals surface area contributed by atoms with E-state index in [2.05, 4.69) is 14.8 Å². The number of methoxy groups -OCH3 is 1. The lowest BCUT2D eigenvalue weighted by Crippen LogP contribution is -2.14. The minimum absolute atomic E-state index is 0.0756. The standard InChI is InChI=1S/C18H18N2O5S/c1-19-17(21)12-5-13-3-10-16(11-4-13)26(23,24)20-15-8-6-14(7-9-15)18(22)25-2/h3-12,20H,1-2H3,(H,19,21)/b12-5+. The third-order valence-corrected chi connectivity index (χ3v) is 4.82. The number of carbonyl (C=O) groups excluding carboxylic acids is 2. The number of sulfonamides is 1. The maximum absolute atomic E-state index is 12.4. The van der Waals surface area contributed by atoms with Crippen LogP contribution in [0.3, 0.4) is 0 Å². The van der Waals surface area contributed by atoms with Crippen LogP contribution in [0, 0.1) is 0 Å². The molecular formula is C18H18N2O5S. The van der Waals surface area contributed by atoms with Crippen molar-refractivity contribution < 1.29 is 22.7 Å². The summed E-state index contributed by atoms with van der Waals surface area (Å²) in [6.45, 7) is 0. The molecule has 0 radical (unpaired) electrons. The number of hydrogen-bond acceptors (Lipinski definition) is 5. The Morgan fingerprint density at radius 1 is 1.00 bits per heavy atom. The number of rotatable bonds is 6. The fraction of sp³-hybridized carbons (Fsp3) is 0.111. The van der Waals surface area contributed by atoms with Gasteiger partial charge < -0.3 is 10.1 Å². The number of hydrogen-bond donors (Lipinski definition) is 2. The van der Waals surface area contributed by atoms with Crippen molar-refractivity contribution in [3.05, 3.63) is 65.7 Å². The average Bonchev–Trinajstić information content (AvgIpc) is 2.66. The molecule has 2 aromatic rings. The van der Waals surface area contributed by atoms with Crippen LogP contribution in [-0.4, -0.2) is 34.5 Å². The molecule has 0 saturated heterocycles. The molecule has 2 rings (SSSR count). The predicted octanol–water partition coefficient (Wildman–Crippen LogP) is 2.03. The first-order chi connectivity index (χ1) is 12.4. The van der Waals surface area contributed by atoms with Crippen molar-refractivity contribution in [2.45, 2.75) is 4.90 Å². The number of benzene rings is 2. The molecule has 2 N–H and O–H groups in total. The van der Waals surface area contributed by atoms with Crippen molar-refractivity contribution >= 4 is 33.7 Å². The van der Waals surface area contributed by atoms with Gasteiger partial charge in [-0.3, -0.25) is 9.52 Å². The average molecular weight is 374 g/mol. The molecule has 0 heterocycles. The lowest BCUT2D eigenvalue weighted by atomic mass is 10.2. The highest BCUT2D eigenvalue weighted by molar-refractivity contribution is 7.92. The van der Waals surface area contributed by atoms with E-state index in [1.54, 1.807) is 18.2 Å². The van der Waals surface area contributed by atoms with Crippen molar-refractivity contribution in [2.75, 3.05) is 18.9 Å². The Bertz CT molecular complexity index is 917. The van der Waals surface area contributed by atoms with Crippen LogP contribution >= 0.6 is 0 Å². The Labute approximate surface area is 151 Å². The van der Waals surface area contributed by atoms with Crippen molar-refractivity contribution in [3.8, 4) is 0 Å². The number of anilines is 1. The number of carbonyl (C=O) groups is 2. The molecule has 0 aliphatic rings. The van der Waals surface area contributed by atoms with E-state index in [1.807, 2.05) is 0 Å². The lowest BCUT2D eigenvalue weighted by molar-refractivity contribution is -0.115. The maximum atomic E-state index is 12.4. The topological polar surface area (TPSA) is 102 Å². The van der Waals surface area contributed by atoms with Gasteiger partial charge in [-0.05, 0) is 48.0 Å². The minimum atomic E-state index is -3.77. The van der Waals surface area contributed by atoms with Crippen LogP contribution in [0.4, 0.5) is 5.69 Å². The molecule has 0 aliphatic heterocycles. The SMILES string of the molecule is CNC(=O)/C=C/c1ccc(S(=O)(=O)Nc2ccc(C(=O)OC)cc2)cc1. The van der Waals surface area contributed by atoms with Gasteiger partial charge in [0.25, 0.3) is 10.0 Å². The number of amides is 1. The largest absolute Gasteiger partial charge is 0.465 e. The Hall–Kier alpha value is -3.13. The second-order valence-electron chi connectivity index (χ2n) is 5.19. The van der Waals surface area contributed by atoms with E-state index in [4.69, 9.17) is 0 Å². The summed E-state index contributed by atoms with van der Waals surface area (Å²) in [5, 5.41) is 2.45. The summed E-state index contributed by atoms with van der Waals surface area (Å²) in [4.78, 5) is 22.6. The zero-order chi connectivity index (χ0) is 19.2. The van der Waals surface area contributed by atoms with Gasteiger partial charge in [0, 0.05) is 18.8 Å². The number of nitrogens with one attached hydrogen (secondary N) is 2. The molecule has 8 heteroatoms. The molecule has 0 atom stereocenters. The molecule has 0 bridgehead atoms. The van der Waals surface area contributed by atoms with E-state index in [0.29, 0.717) is 16.8 Å². The number of esters is 1. The molecule has 7 nitrogen and oxygen atoms in total. The predicted molar refractivity (Wildman–Crippen MR) is 98.1 cm³/mol. The van der Waals surface area contributed by atoms with Gasteiger partial charge in [0.05, 0.1) is 17.6 Å². The Morgan fingerprint density at radius 3 is 2.15 bits per heavy atom. The van der Waals surface area contributed by atoms with Crippen molar-refractivity contribution in [2.24, 2.45) is 0 Å². The first kappa shape index (κ1) is 19.2. The monoisotopic (exact) mass is 374 g/mol. The van der Waals surface area contributed by atoms with Gasteiger partial charge in [-0.2, -0.15) is 0 Å². The third kappa shape index (κ3) is 4.93. The number of ether oxygens (including phenoxy) is 1. The fourth-order valence-corrected chi connectivity index (χ4v) is 3.08. The summed E-state index contributed by atoms with van der Waals surface area (Å²) in [7, 11) is -0.984. The normalized spacial score (nSPS) is 11.2. The van der Waals surface area contributed by atoms with Gasteiger partial charge in [-0.1, -0.05) is 12.1 Å². The maximum Gasteiger partial charge on any atom is 0.337 e. The summed E-state index contributed by atoms with van der Waals surface area (Å²) in [5.74, 6) is -0.751. The van der Waals surface area contributed by atoms with E-state index >= 15 is 0 Å². The van der Waals surface area contributed by atoms with Crippen LogP contribution in [0.15, 0.2) is 59.5 Å². The molecule has 0 aromatic heterocycles. The first-order valence-corrected chi connectivity index (χ1v) is 9.05. The highest BCUT2D eigenvalue weighted by atomic mass is 32.2. The highest BCUT2D eigenvalue weighted by Crippen LogP contribution is 2.18. The summed E-state index contributed by atoms with van der Waals surface area (Å²) in [5.41, 5.74) is 1.33. The van der Waals surface area contributed by atoms with Gasteiger partial charge >= 0.3 is 5.97 Å². The second-order valence-corrected chi connectivity index (χ2v) is 6.87. The molecule has 0 unspecified atom stereocenters. The first-order valence-electron chi connectivity index (χ1n) is 7.57. The minimum Gasteiger partial charge on any atom is -0.465 e. The van der Waals surface area contributed by atoms with Gasteiger partial charge in [0.1, 0.15) is 0 Å². The molecular weight excluding hydrogens is 356 g/mol. The Balaban J connectivity index is 2.13. The van der Waals surface area contributed by atoms with E-state index in [0.717, 1.165) is 0 Å². The van der Waals surface area contributed by atoms with Crippen molar-refractivity contribution in [1.29, 1.82) is 0 Å². The van der Waals surface area contributed by atoms with Crippen molar-refractivity contribution in [3.63, 3.8) is 0 Å². The van der Waals surface area contributed by atoms with Crippen LogP contribution < -0.4 is 10.0 Å². The highest BCUT2D eigenvalue weighted by Gasteiger charge is 2.14. The third-order valence-electron chi connectivity index (χ3n) is 3.42. The number of likely N-dealkylation sites (N-methyl/N-ethyl adjacent to an activating group) is 1. The van der Waals surface area contributed by atoms with Gasteiger partial charge in [0.15, 0.2) is 0 Å². The van der Waals surface area contributed by atoms with Crippen LogP contribution in [0.5, 0.6) is 0 Å². The van der Waals surface area contributed by atoms with Gasteiger partial charge in [-0.25, -0.2) is 13.2 Å². The molecule has 26 heavy (non-hydrogen) atoms. The van der Waals surface area contributed by atoms with Crippen LogP contribution in [0.1, 0.15) is 15.9 Å². The van der Waals surface area contributed by atoms with E-state index in [9.17, 15) is 18.0 Å². The summed E-state index contributed by atoms with van der Waals surface area (Å²) >= 11 is 0. The van der Waals surface area contributed by atoms with Gasteiger partial charge in [-0.15, -0.1) is 0 Å². The van der Waals surface area contributed by atoms with Crippen LogP contribution in [-0.2, 0) is 19.6 Å². The van der Waals surface area contributed by atoms with E-state index < -0.39 is 16.0 Å². The Morgan fingerprint density at radius 2 is 1.62 bits per heavy atom. The fourth-order valence-electron chi connectivity index (χ4n) is 2.02. The molecule has 0 spiro atoms. The summed E-state index contributed by atoms with van der Waals surface area (Å²) < 4.78 is 31.9. The zero-order valence-corrected chi connectivity index (χ0v) is 15.0. The van der Waals surface area contributed by atoms with E-state index in [1.165, 1.54) is 56.6 Å². The van der Waals surface area contributed by atoms with Crippen molar-refractivity contribution in [1.82, 2.24) is 5.32 Å². The van der Waals surface area contributed by atoms with Crippen LogP contribution in [0.25, 0.3) is 6.08 Å². The second kappa shape index (κ2) is 8.30. The molecule has 2 aromatic carbocycles.